The van der Waals surface area contributed by atoms with Crippen LogP contribution in [0, 0.1) is 5.92 Å². The Kier molecular flexibility index (Phi) is 6.63. The normalized spacial score (nSPS) is 19.5. The number of likely N-dealkylation sites (tertiary alicyclic amines) is 1. The zero-order valence-electron chi connectivity index (χ0n) is 18.3. The number of carbonyl (C=O) groups excluding carboxylic acids is 1. The van der Waals surface area contributed by atoms with Gasteiger partial charge in [0.1, 0.15) is 10.7 Å². The molecule has 1 amide bonds. The number of halogens is 3. The van der Waals surface area contributed by atoms with Crippen molar-refractivity contribution >= 4 is 27.6 Å². The number of hydrogen-bond acceptors (Lipinski definition) is 6. The summed E-state index contributed by atoms with van der Waals surface area (Å²) in [6.45, 7) is 1.04. The Balaban J connectivity index is 1.57. The van der Waals surface area contributed by atoms with Crippen LogP contribution in [-0.2, 0) is 25.7 Å². The fourth-order valence-corrected chi connectivity index (χ4v) is 5.37. The Hall–Kier alpha value is -2.99. The Morgan fingerprint density at radius 1 is 1.24 bits per heavy atom. The van der Waals surface area contributed by atoms with E-state index in [9.17, 15) is 26.4 Å². The molecule has 34 heavy (non-hydrogen) atoms. The third-order valence-electron chi connectivity index (χ3n) is 5.82. The maximum Gasteiger partial charge on any atom is 0.417 e. The van der Waals surface area contributed by atoms with Crippen LogP contribution >= 0.6 is 0 Å². The van der Waals surface area contributed by atoms with Crippen LogP contribution in [-0.4, -0.2) is 63.4 Å². The SMILES string of the molecule is COCCN(C(=O)[C@@H]1CCCN(C2=NS(=O)(=O)c3ccccc32)C1)c1ccc(C(F)(F)F)cn1. The van der Waals surface area contributed by atoms with Crippen LogP contribution < -0.4 is 4.90 Å². The largest absolute Gasteiger partial charge is 0.417 e. The molecule has 0 aliphatic carbocycles. The fraction of sp³-hybridized carbons (Fsp3) is 0.409. The molecule has 4 rings (SSSR count). The number of benzene rings is 1. The van der Waals surface area contributed by atoms with Crippen molar-refractivity contribution in [3.05, 3.63) is 53.7 Å². The molecule has 2 aliphatic heterocycles. The van der Waals surface area contributed by atoms with Crippen LogP contribution in [0.4, 0.5) is 19.0 Å². The standard InChI is InChI=1S/C22H23F3N4O4S/c1-33-12-11-29(19-9-8-16(13-26-19)22(23,24)25)21(30)15-5-4-10-28(14-15)20-17-6-2-3-7-18(17)34(31,32)27-20/h2-3,6-9,13,15H,4-5,10-12,14H2,1H3/t15-/m1/s1. The lowest BCUT2D eigenvalue weighted by Crippen LogP contribution is -2.47. The van der Waals surface area contributed by atoms with Crippen molar-refractivity contribution in [3.8, 4) is 0 Å². The molecular formula is C22H23F3N4O4S. The second-order valence-electron chi connectivity index (χ2n) is 8.06. The zero-order chi connectivity index (χ0) is 24.5. The van der Waals surface area contributed by atoms with Gasteiger partial charge in [0, 0.05) is 32.0 Å². The molecule has 0 unspecified atom stereocenters. The smallest absolute Gasteiger partial charge is 0.383 e. The molecule has 12 heteroatoms. The minimum absolute atomic E-state index is 0.0957. The average Bonchev–Trinajstić information content (AvgIpc) is 3.10. The highest BCUT2D eigenvalue weighted by Crippen LogP contribution is 2.32. The highest BCUT2D eigenvalue weighted by atomic mass is 32.2. The maximum absolute atomic E-state index is 13.4. The number of piperidine rings is 1. The summed E-state index contributed by atoms with van der Waals surface area (Å²) in [5.41, 5.74) is -0.408. The van der Waals surface area contributed by atoms with Crippen LogP contribution in [0.25, 0.3) is 0 Å². The summed E-state index contributed by atoms with van der Waals surface area (Å²) in [6.07, 6.45) is -2.67. The lowest BCUT2D eigenvalue weighted by atomic mass is 9.95. The van der Waals surface area contributed by atoms with Crippen molar-refractivity contribution in [1.82, 2.24) is 9.88 Å². The molecule has 1 fully saturated rings. The van der Waals surface area contributed by atoms with Crippen molar-refractivity contribution in [2.45, 2.75) is 23.9 Å². The van der Waals surface area contributed by atoms with E-state index in [1.54, 1.807) is 23.1 Å². The first kappa shape index (κ1) is 24.1. The Labute approximate surface area is 195 Å². The molecule has 182 valence electrons. The van der Waals surface area contributed by atoms with E-state index in [2.05, 4.69) is 9.38 Å². The van der Waals surface area contributed by atoms with E-state index >= 15 is 0 Å². The van der Waals surface area contributed by atoms with Crippen molar-refractivity contribution in [2.24, 2.45) is 10.3 Å². The number of nitrogens with zero attached hydrogens (tertiary/aromatic N) is 4. The van der Waals surface area contributed by atoms with Gasteiger partial charge in [-0.2, -0.15) is 21.6 Å². The van der Waals surface area contributed by atoms with Crippen molar-refractivity contribution in [3.63, 3.8) is 0 Å². The molecular weight excluding hydrogens is 473 g/mol. The average molecular weight is 497 g/mol. The minimum Gasteiger partial charge on any atom is -0.383 e. The van der Waals surface area contributed by atoms with Crippen molar-refractivity contribution in [1.29, 1.82) is 0 Å². The third kappa shape index (κ3) is 4.78. The third-order valence-corrected chi connectivity index (χ3v) is 7.14. The number of sulfonamides is 1. The predicted molar refractivity (Wildman–Crippen MR) is 118 cm³/mol. The number of fused-ring (bicyclic) bond motifs is 1. The molecule has 0 N–H and O–H groups in total. The highest BCUT2D eigenvalue weighted by Gasteiger charge is 2.37. The second-order valence-corrected chi connectivity index (χ2v) is 9.63. The molecule has 0 spiro atoms. The number of methoxy groups -OCH3 is 1. The summed E-state index contributed by atoms with van der Waals surface area (Å²) < 4.78 is 72.7. The number of rotatable bonds is 5. The first-order valence-corrected chi connectivity index (χ1v) is 12.1. The van der Waals surface area contributed by atoms with Gasteiger partial charge in [0.15, 0.2) is 5.84 Å². The number of amides is 1. The van der Waals surface area contributed by atoms with Gasteiger partial charge in [-0.3, -0.25) is 9.69 Å². The van der Waals surface area contributed by atoms with E-state index in [-0.39, 0.29) is 36.3 Å². The first-order chi connectivity index (χ1) is 16.1. The molecule has 1 aromatic heterocycles. The molecule has 0 saturated carbocycles. The van der Waals surface area contributed by atoms with Gasteiger partial charge in [0.2, 0.25) is 5.91 Å². The summed E-state index contributed by atoms with van der Waals surface area (Å²) in [7, 11) is -2.34. The molecule has 1 saturated heterocycles. The van der Waals surface area contributed by atoms with Gasteiger partial charge in [-0.05, 0) is 37.1 Å². The summed E-state index contributed by atoms with van der Waals surface area (Å²) in [6, 6.07) is 8.59. The van der Waals surface area contributed by atoms with Crippen LogP contribution in [0.3, 0.4) is 0 Å². The van der Waals surface area contributed by atoms with Gasteiger partial charge in [-0.15, -0.1) is 4.40 Å². The lowest BCUT2D eigenvalue weighted by Gasteiger charge is -2.35. The molecule has 0 radical (unpaired) electrons. The van der Waals surface area contributed by atoms with E-state index in [1.165, 1.54) is 24.1 Å². The van der Waals surface area contributed by atoms with Gasteiger partial charge in [-0.1, -0.05) is 12.1 Å². The molecule has 3 heterocycles. The summed E-state index contributed by atoms with van der Waals surface area (Å²) in [5, 5.41) is 0. The van der Waals surface area contributed by atoms with Crippen LogP contribution in [0.5, 0.6) is 0 Å². The van der Waals surface area contributed by atoms with E-state index in [1.807, 2.05) is 0 Å². The monoisotopic (exact) mass is 496 g/mol. The van der Waals surface area contributed by atoms with Gasteiger partial charge in [0.05, 0.1) is 24.6 Å². The Morgan fingerprint density at radius 2 is 2.00 bits per heavy atom. The molecule has 0 bridgehead atoms. The number of ether oxygens (including phenoxy) is 1. The lowest BCUT2D eigenvalue weighted by molar-refractivity contribution is -0.137. The van der Waals surface area contributed by atoms with Gasteiger partial charge in [-0.25, -0.2) is 4.98 Å². The van der Waals surface area contributed by atoms with E-state index < -0.39 is 27.7 Å². The quantitative estimate of drug-likeness (QED) is 0.632. The fourth-order valence-electron chi connectivity index (χ4n) is 4.14. The molecule has 1 atom stereocenters. The molecule has 8 nitrogen and oxygen atoms in total. The number of pyridine rings is 1. The predicted octanol–water partition coefficient (Wildman–Crippen LogP) is 2.94. The summed E-state index contributed by atoms with van der Waals surface area (Å²) in [4.78, 5) is 20.5. The second kappa shape index (κ2) is 9.34. The topological polar surface area (TPSA) is 92.2 Å². The molecule has 2 aliphatic rings. The summed E-state index contributed by atoms with van der Waals surface area (Å²) in [5.74, 6) is -0.431. The number of hydrogen-bond donors (Lipinski definition) is 0. The summed E-state index contributed by atoms with van der Waals surface area (Å²) >= 11 is 0. The van der Waals surface area contributed by atoms with Gasteiger partial charge in [0.25, 0.3) is 10.0 Å². The van der Waals surface area contributed by atoms with Gasteiger partial charge >= 0.3 is 6.18 Å². The number of carbonyl (C=O) groups is 1. The van der Waals surface area contributed by atoms with Crippen molar-refractivity contribution in [2.75, 3.05) is 38.3 Å². The van der Waals surface area contributed by atoms with Crippen LogP contribution in [0.1, 0.15) is 24.0 Å². The first-order valence-electron chi connectivity index (χ1n) is 10.6. The maximum atomic E-state index is 13.4. The Bertz CT molecular complexity index is 1200. The number of anilines is 1. The zero-order valence-corrected chi connectivity index (χ0v) is 19.1. The van der Waals surface area contributed by atoms with Crippen molar-refractivity contribution < 1.29 is 31.1 Å². The number of aromatic nitrogens is 1. The number of amidine groups is 1. The van der Waals surface area contributed by atoms with E-state index in [0.717, 1.165) is 6.07 Å². The van der Waals surface area contributed by atoms with Crippen LogP contribution in [0.2, 0.25) is 0 Å². The molecule has 1 aromatic carbocycles. The Morgan fingerprint density at radius 3 is 2.68 bits per heavy atom. The van der Waals surface area contributed by atoms with Crippen LogP contribution in [0.15, 0.2) is 51.9 Å². The number of alkyl halides is 3. The van der Waals surface area contributed by atoms with Gasteiger partial charge < -0.3 is 9.64 Å². The highest BCUT2D eigenvalue weighted by molar-refractivity contribution is 7.90. The van der Waals surface area contributed by atoms with E-state index in [0.29, 0.717) is 37.0 Å². The molecule has 2 aromatic rings. The minimum atomic E-state index is -4.53. The van der Waals surface area contributed by atoms with E-state index in [4.69, 9.17) is 4.74 Å².